The Hall–Kier alpha value is -2.04. The predicted octanol–water partition coefficient (Wildman–Crippen LogP) is 4.05. The first-order valence-corrected chi connectivity index (χ1v) is 8.61. The maximum Gasteiger partial charge on any atom is 0.255 e. The van der Waals surface area contributed by atoms with Gasteiger partial charge in [-0.05, 0) is 49.9 Å². The van der Waals surface area contributed by atoms with E-state index in [4.69, 9.17) is 5.73 Å². The molecular formula is C20H26ClN3O. The SMILES string of the molecule is CC(N)C1CCN(C(=O)c2ccccc2Nc2ccccc2)CC1.Cl. The van der Waals surface area contributed by atoms with Crippen LogP contribution in [-0.2, 0) is 0 Å². The third-order valence-corrected chi connectivity index (χ3v) is 4.78. The highest BCUT2D eigenvalue weighted by atomic mass is 35.5. The van der Waals surface area contributed by atoms with Crippen molar-refractivity contribution in [3.63, 3.8) is 0 Å². The van der Waals surface area contributed by atoms with Gasteiger partial charge in [0, 0.05) is 24.8 Å². The number of piperidine rings is 1. The number of halogens is 1. The molecule has 1 heterocycles. The Labute approximate surface area is 155 Å². The molecule has 2 aromatic rings. The molecule has 0 radical (unpaired) electrons. The van der Waals surface area contributed by atoms with Gasteiger partial charge in [0.1, 0.15) is 0 Å². The summed E-state index contributed by atoms with van der Waals surface area (Å²) in [4.78, 5) is 14.9. The van der Waals surface area contributed by atoms with Crippen molar-refractivity contribution in [3.05, 3.63) is 60.2 Å². The molecular weight excluding hydrogens is 334 g/mol. The summed E-state index contributed by atoms with van der Waals surface area (Å²) < 4.78 is 0. The van der Waals surface area contributed by atoms with Crippen molar-refractivity contribution in [2.24, 2.45) is 11.7 Å². The van der Waals surface area contributed by atoms with Gasteiger partial charge in [-0.1, -0.05) is 30.3 Å². The van der Waals surface area contributed by atoms with Crippen LogP contribution in [0.4, 0.5) is 11.4 Å². The number of nitrogens with two attached hydrogens (primary N) is 1. The number of carbonyl (C=O) groups excluding carboxylic acids is 1. The molecule has 0 aromatic heterocycles. The Bertz CT molecular complexity index is 682. The summed E-state index contributed by atoms with van der Waals surface area (Å²) in [5.74, 6) is 0.615. The standard InChI is InChI=1S/C20H25N3O.ClH/c1-15(21)16-11-13-23(14-12-16)20(24)18-9-5-6-10-19(18)22-17-7-3-2-4-8-17;/h2-10,15-16,22H,11-14,21H2,1H3;1H. The maximum atomic E-state index is 12.9. The average Bonchev–Trinajstić information content (AvgIpc) is 2.62. The Kier molecular flexibility index (Phi) is 6.85. The van der Waals surface area contributed by atoms with Crippen molar-refractivity contribution in [2.75, 3.05) is 18.4 Å². The molecule has 3 N–H and O–H groups in total. The van der Waals surface area contributed by atoms with Crippen molar-refractivity contribution in [1.29, 1.82) is 0 Å². The highest BCUT2D eigenvalue weighted by Crippen LogP contribution is 2.25. The van der Waals surface area contributed by atoms with Crippen LogP contribution in [0.5, 0.6) is 0 Å². The summed E-state index contributed by atoms with van der Waals surface area (Å²) >= 11 is 0. The fourth-order valence-corrected chi connectivity index (χ4v) is 3.25. The number of amides is 1. The van der Waals surface area contributed by atoms with Crippen molar-refractivity contribution >= 4 is 29.7 Å². The highest BCUT2D eigenvalue weighted by Gasteiger charge is 2.26. The van der Waals surface area contributed by atoms with E-state index in [2.05, 4.69) is 12.2 Å². The largest absolute Gasteiger partial charge is 0.355 e. The summed E-state index contributed by atoms with van der Waals surface area (Å²) in [7, 11) is 0. The van der Waals surface area contributed by atoms with E-state index in [1.807, 2.05) is 59.5 Å². The van der Waals surface area contributed by atoms with E-state index in [0.717, 1.165) is 42.9 Å². The number of hydrogen-bond acceptors (Lipinski definition) is 3. The number of likely N-dealkylation sites (tertiary alicyclic amines) is 1. The lowest BCUT2D eigenvalue weighted by Gasteiger charge is -2.34. The maximum absolute atomic E-state index is 12.9. The summed E-state index contributed by atoms with van der Waals surface area (Å²) in [6.07, 6.45) is 1.97. The van der Waals surface area contributed by atoms with Crippen LogP contribution in [0.2, 0.25) is 0 Å². The lowest BCUT2D eigenvalue weighted by molar-refractivity contribution is 0.0682. The predicted molar refractivity (Wildman–Crippen MR) is 106 cm³/mol. The number of benzene rings is 2. The molecule has 134 valence electrons. The van der Waals surface area contributed by atoms with Gasteiger partial charge in [0.15, 0.2) is 0 Å². The van der Waals surface area contributed by atoms with Crippen molar-refractivity contribution in [1.82, 2.24) is 4.90 Å². The summed E-state index contributed by atoms with van der Waals surface area (Å²) in [5, 5.41) is 3.35. The molecule has 0 aliphatic carbocycles. The zero-order valence-electron chi connectivity index (χ0n) is 14.5. The minimum Gasteiger partial charge on any atom is -0.355 e. The van der Waals surface area contributed by atoms with Crippen LogP contribution < -0.4 is 11.1 Å². The molecule has 1 amide bonds. The molecule has 3 rings (SSSR count). The molecule has 0 spiro atoms. The van der Waals surface area contributed by atoms with Crippen LogP contribution in [0, 0.1) is 5.92 Å². The smallest absolute Gasteiger partial charge is 0.255 e. The summed E-state index contributed by atoms with van der Waals surface area (Å²) in [6.45, 7) is 3.62. The molecule has 2 aromatic carbocycles. The van der Waals surface area contributed by atoms with Crippen LogP contribution >= 0.6 is 12.4 Å². The highest BCUT2D eigenvalue weighted by molar-refractivity contribution is 6.00. The molecule has 1 saturated heterocycles. The van der Waals surface area contributed by atoms with Gasteiger partial charge in [-0.2, -0.15) is 0 Å². The lowest BCUT2D eigenvalue weighted by atomic mass is 9.90. The Morgan fingerprint density at radius 3 is 2.32 bits per heavy atom. The van der Waals surface area contributed by atoms with E-state index in [9.17, 15) is 4.79 Å². The van der Waals surface area contributed by atoms with E-state index in [0.29, 0.717) is 5.92 Å². The van der Waals surface area contributed by atoms with Gasteiger partial charge < -0.3 is 16.0 Å². The van der Waals surface area contributed by atoms with Gasteiger partial charge in [0.2, 0.25) is 0 Å². The Balaban J connectivity index is 0.00000225. The number of carbonyl (C=O) groups is 1. The first-order valence-electron chi connectivity index (χ1n) is 8.61. The fourth-order valence-electron chi connectivity index (χ4n) is 3.25. The molecule has 1 aliphatic rings. The van der Waals surface area contributed by atoms with Gasteiger partial charge >= 0.3 is 0 Å². The zero-order valence-corrected chi connectivity index (χ0v) is 15.3. The topological polar surface area (TPSA) is 58.4 Å². The van der Waals surface area contributed by atoms with E-state index >= 15 is 0 Å². The molecule has 0 saturated carbocycles. The quantitative estimate of drug-likeness (QED) is 0.865. The minimum absolute atomic E-state index is 0. The van der Waals surface area contributed by atoms with E-state index in [-0.39, 0.29) is 24.4 Å². The number of hydrogen-bond donors (Lipinski definition) is 2. The van der Waals surface area contributed by atoms with Crippen LogP contribution in [0.15, 0.2) is 54.6 Å². The van der Waals surface area contributed by atoms with Crippen LogP contribution in [0.1, 0.15) is 30.1 Å². The van der Waals surface area contributed by atoms with Crippen LogP contribution in [0.3, 0.4) is 0 Å². The van der Waals surface area contributed by atoms with Crippen LogP contribution in [-0.4, -0.2) is 29.9 Å². The third-order valence-electron chi connectivity index (χ3n) is 4.78. The van der Waals surface area contributed by atoms with E-state index in [1.54, 1.807) is 0 Å². The van der Waals surface area contributed by atoms with Crippen molar-refractivity contribution in [2.45, 2.75) is 25.8 Å². The normalized spacial score (nSPS) is 16.0. The van der Waals surface area contributed by atoms with Gasteiger partial charge in [-0.15, -0.1) is 12.4 Å². The third kappa shape index (κ3) is 4.74. The number of para-hydroxylation sites is 2. The second-order valence-corrected chi connectivity index (χ2v) is 6.53. The molecule has 1 aliphatic heterocycles. The van der Waals surface area contributed by atoms with Gasteiger partial charge in [0.05, 0.1) is 11.3 Å². The lowest BCUT2D eigenvalue weighted by Crippen LogP contribution is -2.42. The van der Waals surface area contributed by atoms with E-state index < -0.39 is 0 Å². The molecule has 1 atom stereocenters. The van der Waals surface area contributed by atoms with Gasteiger partial charge in [0.25, 0.3) is 5.91 Å². The first kappa shape index (κ1) is 19.3. The number of nitrogens with one attached hydrogen (secondary N) is 1. The molecule has 4 nitrogen and oxygen atoms in total. The number of anilines is 2. The number of nitrogens with zero attached hydrogens (tertiary/aromatic N) is 1. The van der Waals surface area contributed by atoms with Crippen molar-refractivity contribution in [3.8, 4) is 0 Å². The minimum atomic E-state index is 0. The Morgan fingerprint density at radius 1 is 1.08 bits per heavy atom. The summed E-state index contributed by atoms with van der Waals surface area (Å²) in [6, 6.07) is 17.8. The first-order chi connectivity index (χ1) is 11.6. The second-order valence-electron chi connectivity index (χ2n) is 6.53. The number of rotatable bonds is 4. The summed E-state index contributed by atoms with van der Waals surface area (Å²) in [5.41, 5.74) is 8.55. The van der Waals surface area contributed by atoms with Gasteiger partial charge in [-0.3, -0.25) is 4.79 Å². The Morgan fingerprint density at radius 2 is 1.68 bits per heavy atom. The fraction of sp³-hybridized carbons (Fsp3) is 0.350. The molecule has 1 fully saturated rings. The molecule has 25 heavy (non-hydrogen) atoms. The average molecular weight is 360 g/mol. The second kappa shape index (κ2) is 8.88. The zero-order chi connectivity index (χ0) is 16.9. The van der Waals surface area contributed by atoms with Crippen LogP contribution in [0.25, 0.3) is 0 Å². The van der Waals surface area contributed by atoms with E-state index in [1.165, 1.54) is 0 Å². The monoisotopic (exact) mass is 359 g/mol. The molecule has 0 bridgehead atoms. The van der Waals surface area contributed by atoms with Gasteiger partial charge in [-0.25, -0.2) is 0 Å². The molecule has 1 unspecified atom stereocenters. The van der Waals surface area contributed by atoms with Crippen molar-refractivity contribution < 1.29 is 4.79 Å². The molecule has 5 heteroatoms.